The van der Waals surface area contributed by atoms with Crippen molar-refractivity contribution >= 4 is 11.5 Å². The molecule has 0 radical (unpaired) electrons. The summed E-state index contributed by atoms with van der Waals surface area (Å²) in [5, 5.41) is 10.8. The van der Waals surface area contributed by atoms with Gasteiger partial charge >= 0.3 is 0 Å². The van der Waals surface area contributed by atoms with Gasteiger partial charge < -0.3 is 0 Å². The van der Waals surface area contributed by atoms with E-state index in [4.69, 9.17) is 0 Å². The summed E-state index contributed by atoms with van der Waals surface area (Å²) in [7, 11) is 0. The predicted octanol–water partition coefficient (Wildman–Crippen LogP) is 4.03. The largest absolute Gasteiger partial charge is 0.299 e. The van der Waals surface area contributed by atoms with Crippen molar-refractivity contribution in [1.82, 2.24) is 0 Å². The van der Waals surface area contributed by atoms with E-state index >= 15 is 0 Å². The summed E-state index contributed by atoms with van der Waals surface area (Å²) >= 11 is 0. The topological polar surface area (TPSA) is 60.2 Å². The molecule has 0 atom stereocenters. The van der Waals surface area contributed by atoms with Crippen molar-refractivity contribution in [3.63, 3.8) is 0 Å². The first-order valence-electron chi connectivity index (χ1n) is 6.84. The Kier molecular flexibility index (Phi) is 4.48. The van der Waals surface area contributed by atoms with Gasteiger partial charge in [0.2, 0.25) is 0 Å². The highest BCUT2D eigenvalue weighted by Crippen LogP contribution is 2.24. The van der Waals surface area contributed by atoms with Gasteiger partial charge in [-0.15, -0.1) is 0 Å². The molecule has 2 aromatic rings. The third-order valence-electron chi connectivity index (χ3n) is 3.37. The average Bonchev–Trinajstić information content (AvgIpc) is 2.48. The van der Waals surface area contributed by atoms with Crippen LogP contribution in [0.4, 0.5) is 5.69 Å². The Morgan fingerprint density at radius 1 is 1.10 bits per heavy atom. The van der Waals surface area contributed by atoms with Crippen molar-refractivity contribution in [2.75, 3.05) is 0 Å². The Morgan fingerprint density at radius 2 is 1.76 bits per heavy atom. The molecule has 0 aromatic heterocycles. The van der Waals surface area contributed by atoms with Crippen LogP contribution >= 0.6 is 0 Å². The van der Waals surface area contributed by atoms with E-state index in [0.717, 1.165) is 16.7 Å². The van der Waals surface area contributed by atoms with Gasteiger partial charge in [0.05, 0.1) is 4.92 Å². The number of benzene rings is 2. The van der Waals surface area contributed by atoms with Crippen molar-refractivity contribution in [2.24, 2.45) is 5.92 Å². The van der Waals surface area contributed by atoms with Crippen LogP contribution in [0.15, 0.2) is 48.5 Å². The number of ketones is 1. The molecule has 0 amide bonds. The molecule has 4 nitrogen and oxygen atoms in total. The zero-order valence-electron chi connectivity index (χ0n) is 12.1. The Labute approximate surface area is 123 Å². The monoisotopic (exact) mass is 283 g/mol. The summed E-state index contributed by atoms with van der Waals surface area (Å²) in [5.41, 5.74) is 2.74. The van der Waals surface area contributed by atoms with E-state index in [-0.39, 0.29) is 17.4 Å². The van der Waals surface area contributed by atoms with Gasteiger partial charge in [0.15, 0.2) is 0 Å². The molecule has 2 rings (SSSR count). The number of carbonyl (C=O) groups is 1. The highest BCUT2D eigenvalue weighted by atomic mass is 16.6. The van der Waals surface area contributed by atoms with Crippen LogP contribution in [0, 0.1) is 16.0 Å². The predicted molar refractivity (Wildman–Crippen MR) is 82.1 cm³/mol. The Hall–Kier alpha value is -2.49. The molecule has 0 heterocycles. The van der Waals surface area contributed by atoms with Crippen LogP contribution < -0.4 is 0 Å². The quantitative estimate of drug-likeness (QED) is 0.615. The van der Waals surface area contributed by atoms with Gasteiger partial charge in [0.25, 0.3) is 5.69 Å². The van der Waals surface area contributed by atoms with Crippen molar-refractivity contribution in [3.8, 4) is 11.1 Å². The lowest BCUT2D eigenvalue weighted by Crippen LogP contribution is -2.09. The van der Waals surface area contributed by atoms with Gasteiger partial charge in [-0.3, -0.25) is 14.9 Å². The highest BCUT2D eigenvalue weighted by Gasteiger charge is 2.09. The van der Waals surface area contributed by atoms with Gasteiger partial charge in [-0.25, -0.2) is 0 Å². The minimum absolute atomic E-state index is 0.0291. The van der Waals surface area contributed by atoms with Crippen LogP contribution in [0.1, 0.15) is 19.4 Å². The fourth-order valence-electron chi connectivity index (χ4n) is 2.02. The maximum Gasteiger partial charge on any atom is 0.270 e. The van der Waals surface area contributed by atoms with Crippen molar-refractivity contribution < 1.29 is 9.72 Å². The molecular formula is C17H17NO3. The minimum Gasteiger partial charge on any atom is -0.299 e. The van der Waals surface area contributed by atoms with Crippen LogP contribution in [0.3, 0.4) is 0 Å². The molecule has 0 saturated heterocycles. The highest BCUT2D eigenvalue weighted by molar-refractivity contribution is 5.82. The molecule has 0 bridgehead atoms. The summed E-state index contributed by atoms with van der Waals surface area (Å²) in [6.45, 7) is 3.78. The molecular weight excluding hydrogens is 266 g/mol. The fraction of sp³-hybridized carbons (Fsp3) is 0.235. The van der Waals surface area contributed by atoms with Crippen molar-refractivity contribution in [3.05, 3.63) is 64.2 Å². The third kappa shape index (κ3) is 3.75. The van der Waals surface area contributed by atoms with Crippen molar-refractivity contribution in [2.45, 2.75) is 20.3 Å². The SMILES string of the molecule is CC(C)C(=O)Cc1ccc(-c2cccc([N+](=O)[O-])c2)cc1. The molecule has 4 heteroatoms. The smallest absolute Gasteiger partial charge is 0.270 e. The van der Waals surface area contributed by atoms with E-state index in [1.807, 2.05) is 44.2 Å². The van der Waals surface area contributed by atoms with Gasteiger partial charge in [0, 0.05) is 24.5 Å². The third-order valence-corrected chi connectivity index (χ3v) is 3.37. The zero-order chi connectivity index (χ0) is 15.4. The summed E-state index contributed by atoms with van der Waals surface area (Å²) in [6.07, 6.45) is 0.423. The first-order chi connectivity index (χ1) is 9.97. The normalized spacial score (nSPS) is 10.6. The number of carbonyl (C=O) groups excluding carboxylic acids is 1. The van der Waals surface area contributed by atoms with Gasteiger partial charge in [0.1, 0.15) is 5.78 Å². The molecule has 0 unspecified atom stereocenters. The number of nitro groups is 1. The molecule has 0 saturated carbocycles. The Balaban J connectivity index is 2.21. The lowest BCUT2D eigenvalue weighted by Gasteiger charge is -2.06. The number of hydrogen-bond acceptors (Lipinski definition) is 3. The van der Waals surface area contributed by atoms with Gasteiger partial charge in [-0.1, -0.05) is 50.2 Å². The number of nitro benzene ring substituents is 1. The molecule has 2 aromatic carbocycles. The second-order valence-corrected chi connectivity index (χ2v) is 5.30. The Morgan fingerprint density at radius 3 is 2.33 bits per heavy atom. The van der Waals surface area contributed by atoms with Crippen LogP contribution in [0.25, 0.3) is 11.1 Å². The molecule has 108 valence electrons. The van der Waals surface area contributed by atoms with Crippen LogP contribution in [-0.2, 0) is 11.2 Å². The second-order valence-electron chi connectivity index (χ2n) is 5.30. The second kappa shape index (κ2) is 6.31. The lowest BCUT2D eigenvalue weighted by molar-refractivity contribution is -0.384. The standard InChI is InChI=1S/C17H17NO3/c1-12(2)17(19)10-13-6-8-14(9-7-13)15-4-3-5-16(11-15)18(20)21/h3-9,11-12H,10H2,1-2H3. The maximum absolute atomic E-state index is 11.7. The molecule has 0 aliphatic heterocycles. The van der Waals surface area contributed by atoms with Gasteiger partial charge in [-0.05, 0) is 16.7 Å². The fourth-order valence-corrected chi connectivity index (χ4v) is 2.02. The molecule has 21 heavy (non-hydrogen) atoms. The Bertz CT molecular complexity index is 660. The number of hydrogen-bond donors (Lipinski definition) is 0. The van der Waals surface area contributed by atoms with Crippen molar-refractivity contribution in [1.29, 1.82) is 0 Å². The molecule has 0 aliphatic carbocycles. The molecule has 0 N–H and O–H groups in total. The molecule has 0 spiro atoms. The van der Waals surface area contributed by atoms with Crippen LogP contribution in [0.5, 0.6) is 0 Å². The summed E-state index contributed by atoms with van der Waals surface area (Å²) in [5.74, 6) is 0.236. The zero-order valence-corrected chi connectivity index (χ0v) is 12.1. The number of nitrogens with zero attached hydrogens (tertiary/aromatic N) is 1. The van der Waals surface area contributed by atoms with E-state index in [0.29, 0.717) is 6.42 Å². The molecule has 0 aliphatic rings. The summed E-state index contributed by atoms with van der Waals surface area (Å²) in [4.78, 5) is 22.1. The van der Waals surface area contributed by atoms with Crippen LogP contribution in [0.2, 0.25) is 0 Å². The maximum atomic E-state index is 11.7. The first kappa shape index (κ1) is 14.9. The van der Waals surface area contributed by atoms with E-state index in [2.05, 4.69) is 0 Å². The minimum atomic E-state index is -0.404. The lowest BCUT2D eigenvalue weighted by atomic mass is 9.98. The molecule has 0 fully saturated rings. The van der Waals surface area contributed by atoms with E-state index in [9.17, 15) is 14.9 Å². The first-order valence-corrected chi connectivity index (χ1v) is 6.84. The van der Waals surface area contributed by atoms with E-state index < -0.39 is 4.92 Å². The van der Waals surface area contributed by atoms with Gasteiger partial charge in [-0.2, -0.15) is 0 Å². The number of Topliss-reactive ketones (excluding diaryl/α,β-unsaturated/α-hetero) is 1. The van der Waals surface area contributed by atoms with Crippen LogP contribution in [-0.4, -0.2) is 10.7 Å². The van der Waals surface area contributed by atoms with E-state index in [1.54, 1.807) is 12.1 Å². The van der Waals surface area contributed by atoms with E-state index in [1.165, 1.54) is 6.07 Å². The summed E-state index contributed by atoms with van der Waals surface area (Å²) < 4.78 is 0. The average molecular weight is 283 g/mol. The number of non-ortho nitro benzene ring substituents is 1. The summed E-state index contributed by atoms with van der Waals surface area (Å²) in [6, 6.07) is 14.1. The number of rotatable bonds is 5.